The second kappa shape index (κ2) is 5.69. The van der Waals surface area contributed by atoms with Gasteiger partial charge < -0.3 is 4.90 Å². The molecule has 0 radical (unpaired) electrons. The van der Waals surface area contributed by atoms with Crippen LogP contribution in [0.1, 0.15) is 5.56 Å². The Morgan fingerprint density at radius 1 is 1.29 bits per heavy atom. The summed E-state index contributed by atoms with van der Waals surface area (Å²) in [5.74, 6) is 0. The molecular formula is C11H13Br2N. The van der Waals surface area contributed by atoms with E-state index in [1.807, 2.05) is 12.1 Å². The average Bonchev–Trinajstić information content (AvgIpc) is 2.15. The van der Waals surface area contributed by atoms with Gasteiger partial charge in [0.05, 0.1) is 0 Å². The zero-order valence-corrected chi connectivity index (χ0v) is 11.5. The Hall–Kier alpha value is -0.120. The number of nitrogens with zero attached hydrogens (tertiary/aromatic N) is 1. The van der Waals surface area contributed by atoms with Gasteiger partial charge in [-0.1, -0.05) is 50.1 Å². The zero-order chi connectivity index (χ0) is 10.6. The molecule has 0 aliphatic heterocycles. The van der Waals surface area contributed by atoms with Crippen LogP contribution in [0, 0.1) is 0 Å². The molecule has 0 fully saturated rings. The summed E-state index contributed by atoms with van der Waals surface area (Å²) in [6, 6.07) is 8.25. The minimum absolute atomic E-state index is 0.941. The van der Waals surface area contributed by atoms with E-state index >= 15 is 0 Å². The molecule has 1 nitrogen and oxygen atoms in total. The van der Waals surface area contributed by atoms with Gasteiger partial charge in [0.25, 0.3) is 0 Å². The smallest absolute Gasteiger partial charge is 0.0220 e. The van der Waals surface area contributed by atoms with Crippen LogP contribution in [0.25, 0.3) is 4.48 Å². The summed E-state index contributed by atoms with van der Waals surface area (Å²) in [5.41, 5.74) is 1.20. The molecule has 0 saturated carbocycles. The van der Waals surface area contributed by atoms with E-state index in [9.17, 15) is 0 Å². The fraction of sp³-hybridized carbons (Fsp3) is 0.273. The second-order valence-corrected chi connectivity index (χ2v) is 5.09. The molecule has 0 bridgehead atoms. The predicted molar refractivity (Wildman–Crippen MR) is 69.6 cm³/mol. The SMILES string of the molecule is CN(C)C/C=C(/Br)c1ccc(Br)cc1. The summed E-state index contributed by atoms with van der Waals surface area (Å²) >= 11 is 6.97. The van der Waals surface area contributed by atoms with E-state index in [1.165, 1.54) is 5.56 Å². The molecule has 0 N–H and O–H groups in total. The molecule has 0 saturated heterocycles. The van der Waals surface area contributed by atoms with Gasteiger partial charge in [-0.2, -0.15) is 0 Å². The maximum atomic E-state index is 3.56. The molecule has 0 amide bonds. The van der Waals surface area contributed by atoms with E-state index in [4.69, 9.17) is 0 Å². The lowest BCUT2D eigenvalue weighted by atomic mass is 10.2. The van der Waals surface area contributed by atoms with Gasteiger partial charge in [-0.3, -0.25) is 0 Å². The second-order valence-electron chi connectivity index (χ2n) is 3.32. The summed E-state index contributed by atoms with van der Waals surface area (Å²) in [6.45, 7) is 0.941. The van der Waals surface area contributed by atoms with E-state index in [1.54, 1.807) is 0 Å². The highest BCUT2D eigenvalue weighted by molar-refractivity contribution is 9.15. The lowest BCUT2D eigenvalue weighted by molar-refractivity contribution is 0.457. The van der Waals surface area contributed by atoms with Crippen LogP contribution in [-0.2, 0) is 0 Å². The summed E-state index contributed by atoms with van der Waals surface area (Å²) in [5, 5.41) is 0. The Morgan fingerprint density at radius 3 is 2.36 bits per heavy atom. The fourth-order valence-corrected chi connectivity index (χ4v) is 1.66. The summed E-state index contributed by atoms with van der Waals surface area (Å²) in [7, 11) is 4.11. The van der Waals surface area contributed by atoms with Crippen molar-refractivity contribution in [2.24, 2.45) is 0 Å². The van der Waals surface area contributed by atoms with Crippen LogP contribution in [-0.4, -0.2) is 25.5 Å². The van der Waals surface area contributed by atoms with Crippen molar-refractivity contribution in [3.8, 4) is 0 Å². The molecule has 1 rings (SSSR count). The van der Waals surface area contributed by atoms with Crippen molar-refractivity contribution in [3.05, 3.63) is 40.4 Å². The molecule has 3 heteroatoms. The molecular weight excluding hydrogens is 306 g/mol. The number of hydrogen-bond donors (Lipinski definition) is 0. The van der Waals surface area contributed by atoms with Crippen LogP contribution in [0.4, 0.5) is 0 Å². The molecule has 0 spiro atoms. The number of rotatable bonds is 3. The van der Waals surface area contributed by atoms with Crippen LogP contribution < -0.4 is 0 Å². The van der Waals surface area contributed by atoms with Gasteiger partial charge in [0, 0.05) is 15.5 Å². The standard InChI is InChI=1S/C11H13Br2N/c1-14(2)8-7-11(13)9-3-5-10(12)6-4-9/h3-7H,8H2,1-2H3/b11-7+. The fourth-order valence-electron chi connectivity index (χ4n) is 0.990. The quantitative estimate of drug-likeness (QED) is 0.820. The molecule has 1 aromatic rings. The van der Waals surface area contributed by atoms with Gasteiger partial charge >= 0.3 is 0 Å². The lowest BCUT2D eigenvalue weighted by Crippen LogP contribution is -2.10. The Morgan fingerprint density at radius 2 is 1.86 bits per heavy atom. The van der Waals surface area contributed by atoms with Crippen LogP contribution in [0.5, 0.6) is 0 Å². The molecule has 0 aliphatic rings. The topological polar surface area (TPSA) is 3.24 Å². The van der Waals surface area contributed by atoms with Crippen LogP contribution in [0.15, 0.2) is 34.8 Å². The van der Waals surface area contributed by atoms with Gasteiger partial charge in [-0.15, -0.1) is 0 Å². The van der Waals surface area contributed by atoms with E-state index < -0.39 is 0 Å². The van der Waals surface area contributed by atoms with Gasteiger partial charge in [0.15, 0.2) is 0 Å². The molecule has 14 heavy (non-hydrogen) atoms. The first-order chi connectivity index (χ1) is 6.59. The Bertz CT molecular complexity index is 315. The van der Waals surface area contributed by atoms with Crippen molar-refractivity contribution < 1.29 is 0 Å². The van der Waals surface area contributed by atoms with Crippen molar-refractivity contribution in [2.75, 3.05) is 20.6 Å². The van der Waals surface area contributed by atoms with E-state index in [2.05, 4.69) is 69.1 Å². The minimum Gasteiger partial charge on any atom is -0.306 e. The highest BCUT2D eigenvalue weighted by atomic mass is 79.9. The molecule has 0 heterocycles. The zero-order valence-electron chi connectivity index (χ0n) is 8.30. The Labute approximate surface area is 102 Å². The van der Waals surface area contributed by atoms with Crippen molar-refractivity contribution in [1.82, 2.24) is 4.90 Å². The van der Waals surface area contributed by atoms with Crippen LogP contribution in [0.3, 0.4) is 0 Å². The predicted octanol–water partition coefficient (Wildman–Crippen LogP) is 3.75. The van der Waals surface area contributed by atoms with E-state index in [0.29, 0.717) is 0 Å². The third-order valence-corrected chi connectivity index (χ3v) is 3.07. The monoisotopic (exact) mass is 317 g/mol. The summed E-state index contributed by atoms with van der Waals surface area (Å²) < 4.78 is 2.24. The summed E-state index contributed by atoms with van der Waals surface area (Å²) in [6.07, 6.45) is 2.16. The lowest BCUT2D eigenvalue weighted by Gasteiger charge is -2.06. The van der Waals surface area contributed by atoms with Crippen molar-refractivity contribution in [1.29, 1.82) is 0 Å². The van der Waals surface area contributed by atoms with E-state index in [0.717, 1.165) is 15.5 Å². The number of halogens is 2. The minimum atomic E-state index is 0.941. The van der Waals surface area contributed by atoms with Crippen molar-refractivity contribution >= 4 is 36.3 Å². The normalized spacial score (nSPS) is 12.2. The maximum Gasteiger partial charge on any atom is 0.0220 e. The Kier molecular flexibility index (Phi) is 4.85. The third-order valence-electron chi connectivity index (χ3n) is 1.76. The molecule has 0 unspecified atom stereocenters. The van der Waals surface area contributed by atoms with Gasteiger partial charge in [-0.25, -0.2) is 0 Å². The molecule has 76 valence electrons. The van der Waals surface area contributed by atoms with Crippen molar-refractivity contribution in [2.45, 2.75) is 0 Å². The first-order valence-corrected chi connectivity index (χ1v) is 5.94. The van der Waals surface area contributed by atoms with Gasteiger partial charge in [0.1, 0.15) is 0 Å². The van der Waals surface area contributed by atoms with Crippen LogP contribution in [0.2, 0.25) is 0 Å². The average molecular weight is 319 g/mol. The maximum absolute atomic E-state index is 3.56. The highest BCUT2D eigenvalue weighted by Gasteiger charge is 1.96. The number of hydrogen-bond acceptors (Lipinski definition) is 1. The van der Waals surface area contributed by atoms with E-state index in [-0.39, 0.29) is 0 Å². The first kappa shape index (κ1) is 12.0. The van der Waals surface area contributed by atoms with Crippen molar-refractivity contribution in [3.63, 3.8) is 0 Å². The summed E-state index contributed by atoms with van der Waals surface area (Å²) in [4.78, 5) is 2.13. The number of benzene rings is 1. The van der Waals surface area contributed by atoms with Crippen LogP contribution >= 0.6 is 31.9 Å². The third kappa shape index (κ3) is 3.95. The first-order valence-electron chi connectivity index (χ1n) is 4.36. The molecule has 0 aromatic heterocycles. The molecule has 1 aromatic carbocycles. The Balaban J connectivity index is 2.73. The molecule has 0 atom stereocenters. The number of likely N-dealkylation sites (N-methyl/N-ethyl adjacent to an activating group) is 1. The highest BCUT2D eigenvalue weighted by Crippen LogP contribution is 2.22. The molecule has 0 aliphatic carbocycles. The van der Waals surface area contributed by atoms with Gasteiger partial charge in [-0.05, 0) is 31.8 Å². The largest absolute Gasteiger partial charge is 0.306 e. The van der Waals surface area contributed by atoms with Gasteiger partial charge in [0.2, 0.25) is 0 Å².